The Kier molecular flexibility index (Phi) is 6.54. The predicted octanol–water partition coefficient (Wildman–Crippen LogP) is 4.98. The smallest absolute Gasteiger partial charge is 0.236 e. The molecule has 0 spiro atoms. The lowest BCUT2D eigenvalue weighted by molar-refractivity contribution is 0.366. The monoisotopic (exact) mass is 417 g/mol. The molecule has 0 aliphatic rings. The average molecular weight is 418 g/mol. The van der Waals surface area contributed by atoms with E-state index in [4.69, 9.17) is 11.6 Å². The van der Waals surface area contributed by atoms with Crippen molar-refractivity contribution in [2.45, 2.75) is 37.6 Å². The molecule has 1 N–H and O–H groups in total. The highest BCUT2D eigenvalue weighted by Gasteiger charge is 2.29. The fourth-order valence-corrected chi connectivity index (χ4v) is 4.75. The molecule has 0 amide bonds. The quantitative estimate of drug-likeness (QED) is 0.562. The molecule has 0 aliphatic carbocycles. The Labute approximate surface area is 171 Å². The van der Waals surface area contributed by atoms with Gasteiger partial charge in [0.1, 0.15) is 0 Å². The largest absolute Gasteiger partial charge is 0.241 e. The second-order valence-electron chi connectivity index (χ2n) is 6.63. The standard InChI is InChI=1S/C21H24ClN3O2S/c1-3-16(4-2)21(24-28(26,27)19-12-10-17(22)11-13-19)20-14-15-23-25(20)18-8-6-5-7-9-18/h5-16,21,24H,3-4H2,1-2H3. The predicted molar refractivity (Wildman–Crippen MR) is 112 cm³/mol. The van der Waals surface area contributed by atoms with Crippen molar-refractivity contribution in [3.05, 3.63) is 77.6 Å². The van der Waals surface area contributed by atoms with Crippen LogP contribution in [0.15, 0.2) is 71.8 Å². The molecule has 1 aromatic heterocycles. The Morgan fingerprint density at radius 1 is 1.00 bits per heavy atom. The zero-order valence-corrected chi connectivity index (χ0v) is 17.5. The number of benzene rings is 2. The molecule has 0 saturated heterocycles. The molecule has 1 atom stereocenters. The maximum atomic E-state index is 13.0. The maximum Gasteiger partial charge on any atom is 0.241 e. The molecular formula is C21H24ClN3O2S. The molecule has 0 aliphatic heterocycles. The van der Waals surface area contributed by atoms with Gasteiger partial charge >= 0.3 is 0 Å². The molecule has 28 heavy (non-hydrogen) atoms. The summed E-state index contributed by atoms with van der Waals surface area (Å²) in [6.45, 7) is 4.14. The Balaban J connectivity index is 2.02. The van der Waals surface area contributed by atoms with E-state index in [9.17, 15) is 8.42 Å². The Morgan fingerprint density at radius 2 is 1.64 bits per heavy atom. The Bertz CT molecular complexity index is 998. The van der Waals surface area contributed by atoms with Gasteiger partial charge in [0.15, 0.2) is 0 Å². The van der Waals surface area contributed by atoms with Gasteiger partial charge < -0.3 is 0 Å². The fourth-order valence-electron chi connectivity index (χ4n) is 3.34. The highest BCUT2D eigenvalue weighted by atomic mass is 35.5. The Hall–Kier alpha value is -2.15. The van der Waals surface area contributed by atoms with E-state index in [1.54, 1.807) is 23.0 Å². The minimum absolute atomic E-state index is 0.126. The molecule has 5 nitrogen and oxygen atoms in total. The van der Waals surface area contributed by atoms with Gasteiger partial charge in [-0.25, -0.2) is 17.8 Å². The highest BCUT2D eigenvalue weighted by molar-refractivity contribution is 7.89. The molecule has 0 bridgehead atoms. The maximum absolute atomic E-state index is 13.0. The van der Waals surface area contributed by atoms with E-state index in [-0.39, 0.29) is 10.8 Å². The first kappa shape index (κ1) is 20.6. The zero-order valence-electron chi connectivity index (χ0n) is 15.9. The number of hydrogen-bond donors (Lipinski definition) is 1. The summed E-state index contributed by atoms with van der Waals surface area (Å²) in [6.07, 6.45) is 3.38. The van der Waals surface area contributed by atoms with Gasteiger partial charge in [0, 0.05) is 11.2 Å². The van der Waals surface area contributed by atoms with Gasteiger partial charge in [0.2, 0.25) is 10.0 Å². The third-order valence-corrected chi connectivity index (χ3v) is 6.63. The lowest BCUT2D eigenvalue weighted by atomic mass is 9.92. The molecule has 0 radical (unpaired) electrons. The summed E-state index contributed by atoms with van der Waals surface area (Å²) in [6, 6.07) is 17.4. The van der Waals surface area contributed by atoms with Crippen LogP contribution in [0.5, 0.6) is 0 Å². The lowest BCUT2D eigenvalue weighted by Gasteiger charge is -2.27. The van der Waals surface area contributed by atoms with Gasteiger partial charge in [-0.3, -0.25) is 0 Å². The van der Waals surface area contributed by atoms with E-state index in [1.165, 1.54) is 12.1 Å². The van der Waals surface area contributed by atoms with E-state index in [1.807, 2.05) is 36.4 Å². The molecule has 7 heteroatoms. The number of sulfonamides is 1. The number of nitrogens with one attached hydrogen (secondary N) is 1. The molecule has 2 aromatic carbocycles. The van der Waals surface area contributed by atoms with Gasteiger partial charge in [-0.05, 0) is 48.4 Å². The molecular weight excluding hydrogens is 394 g/mol. The van der Waals surface area contributed by atoms with E-state index in [0.29, 0.717) is 5.02 Å². The Morgan fingerprint density at radius 3 is 2.25 bits per heavy atom. The molecule has 3 rings (SSSR count). The topological polar surface area (TPSA) is 64.0 Å². The highest BCUT2D eigenvalue weighted by Crippen LogP contribution is 2.30. The van der Waals surface area contributed by atoms with Crippen LogP contribution in [0, 0.1) is 5.92 Å². The first-order valence-corrected chi connectivity index (χ1v) is 11.2. The van der Waals surface area contributed by atoms with Crippen molar-refractivity contribution in [2.75, 3.05) is 0 Å². The zero-order chi connectivity index (χ0) is 20.1. The van der Waals surface area contributed by atoms with E-state index in [2.05, 4.69) is 23.7 Å². The number of hydrogen-bond acceptors (Lipinski definition) is 3. The minimum atomic E-state index is -3.72. The molecule has 1 unspecified atom stereocenters. The lowest BCUT2D eigenvalue weighted by Crippen LogP contribution is -2.34. The summed E-state index contributed by atoms with van der Waals surface area (Å²) in [7, 11) is -3.72. The van der Waals surface area contributed by atoms with Crippen LogP contribution in [0.4, 0.5) is 0 Å². The number of rotatable bonds is 8. The third kappa shape index (κ3) is 4.46. The average Bonchev–Trinajstić information content (AvgIpc) is 3.18. The molecule has 3 aromatic rings. The van der Waals surface area contributed by atoms with Crippen LogP contribution in [-0.4, -0.2) is 18.2 Å². The van der Waals surface area contributed by atoms with E-state index in [0.717, 1.165) is 24.2 Å². The summed E-state index contributed by atoms with van der Waals surface area (Å²) in [4.78, 5) is 0.193. The number of nitrogens with zero attached hydrogens (tertiary/aromatic N) is 2. The number of aromatic nitrogens is 2. The van der Waals surface area contributed by atoms with E-state index < -0.39 is 16.1 Å². The normalized spacial score (nSPS) is 13.0. The molecule has 1 heterocycles. The van der Waals surface area contributed by atoms with Crippen LogP contribution >= 0.6 is 11.6 Å². The summed E-state index contributed by atoms with van der Waals surface area (Å²) in [5.41, 5.74) is 1.71. The van der Waals surface area contributed by atoms with Crippen LogP contribution in [0.1, 0.15) is 38.4 Å². The molecule has 148 valence electrons. The van der Waals surface area contributed by atoms with Crippen molar-refractivity contribution in [3.63, 3.8) is 0 Å². The SMILES string of the molecule is CCC(CC)C(NS(=O)(=O)c1ccc(Cl)cc1)c1ccnn1-c1ccccc1. The van der Waals surface area contributed by atoms with Gasteiger partial charge in [-0.1, -0.05) is 56.5 Å². The van der Waals surface area contributed by atoms with Crippen molar-refractivity contribution in [1.29, 1.82) is 0 Å². The first-order chi connectivity index (χ1) is 13.5. The second kappa shape index (κ2) is 8.90. The van der Waals surface area contributed by atoms with Crippen LogP contribution < -0.4 is 4.72 Å². The summed E-state index contributed by atoms with van der Waals surface area (Å²) in [5, 5.41) is 4.93. The fraction of sp³-hybridized carbons (Fsp3) is 0.286. The molecule has 0 saturated carbocycles. The van der Waals surface area contributed by atoms with Gasteiger partial charge in [-0.2, -0.15) is 5.10 Å². The number of para-hydroxylation sites is 1. The van der Waals surface area contributed by atoms with Crippen molar-refractivity contribution in [3.8, 4) is 5.69 Å². The van der Waals surface area contributed by atoms with Crippen molar-refractivity contribution in [2.24, 2.45) is 5.92 Å². The second-order valence-corrected chi connectivity index (χ2v) is 8.78. The third-order valence-electron chi connectivity index (χ3n) is 4.92. The van der Waals surface area contributed by atoms with Crippen LogP contribution in [0.2, 0.25) is 5.02 Å². The first-order valence-electron chi connectivity index (χ1n) is 9.33. The van der Waals surface area contributed by atoms with E-state index >= 15 is 0 Å². The van der Waals surface area contributed by atoms with Gasteiger partial charge in [0.25, 0.3) is 0 Å². The van der Waals surface area contributed by atoms with Crippen LogP contribution in [0.3, 0.4) is 0 Å². The van der Waals surface area contributed by atoms with Crippen LogP contribution in [-0.2, 0) is 10.0 Å². The van der Waals surface area contributed by atoms with Crippen molar-refractivity contribution in [1.82, 2.24) is 14.5 Å². The summed E-state index contributed by atoms with van der Waals surface area (Å²) >= 11 is 5.91. The van der Waals surface area contributed by atoms with Crippen molar-refractivity contribution < 1.29 is 8.42 Å². The minimum Gasteiger partial charge on any atom is -0.236 e. The van der Waals surface area contributed by atoms with Gasteiger partial charge in [-0.15, -0.1) is 0 Å². The summed E-state index contributed by atoms with van der Waals surface area (Å²) in [5.74, 6) is 0.126. The van der Waals surface area contributed by atoms with Crippen LogP contribution in [0.25, 0.3) is 5.69 Å². The molecule has 0 fully saturated rings. The van der Waals surface area contributed by atoms with Crippen molar-refractivity contribution >= 4 is 21.6 Å². The van der Waals surface area contributed by atoms with Gasteiger partial charge in [0.05, 0.1) is 22.3 Å². The number of halogens is 1. The summed E-state index contributed by atoms with van der Waals surface area (Å²) < 4.78 is 30.8.